The van der Waals surface area contributed by atoms with E-state index >= 15 is 0 Å². The van der Waals surface area contributed by atoms with E-state index in [0.29, 0.717) is 0 Å². The van der Waals surface area contributed by atoms with E-state index in [4.69, 9.17) is 4.99 Å². The predicted molar refractivity (Wildman–Crippen MR) is 99.9 cm³/mol. The Bertz CT molecular complexity index is 1020. The van der Waals surface area contributed by atoms with Crippen molar-refractivity contribution in [2.75, 3.05) is 0 Å². The predicted octanol–water partition coefficient (Wildman–Crippen LogP) is 4.81. The minimum atomic E-state index is -0.768. The number of benzene rings is 2. The second kappa shape index (κ2) is 5.35. The Morgan fingerprint density at radius 2 is 1.75 bits per heavy atom. The minimum Gasteiger partial charge on any atom is -0.291 e. The smallest absolute Gasteiger partial charge is 0.190 e. The molecule has 4 heteroatoms. The highest BCUT2D eigenvalue weighted by Crippen LogP contribution is 2.30. The number of rotatable bonds is 1. The molecule has 0 amide bonds. The number of pyridine rings is 1. The van der Waals surface area contributed by atoms with Crippen molar-refractivity contribution < 1.29 is 4.79 Å². The second-order valence-corrected chi connectivity index (χ2v) is 7.37. The summed E-state index contributed by atoms with van der Waals surface area (Å²) in [6.45, 7) is 3.71. The molecule has 1 aliphatic rings. The Labute approximate surface area is 148 Å². The first-order chi connectivity index (χ1) is 11.5. The average Bonchev–Trinajstić information content (AvgIpc) is 2.57. The molecule has 0 aliphatic carbocycles. The number of carbonyl (C=O) groups excluding carboxylic acids is 1. The van der Waals surface area contributed by atoms with Gasteiger partial charge in [0.2, 0.25) is 0 Å². The summed E-state index contributed by atoms with van der Waals surface area (Å²) in [6.07, 6.45) is 1.83. The fourth-order valence-corrected chi connectivity index (χ4v) is 3.44. The average molecular weight is 379 g/mol. The van der Waals surface area contributed by atoms with Crippen molar-refractivity contribution in [2.45, 2.75) is 19.4 Å². The lowest BCUT2D eigenvalue weighted by atomic mass is 9.84. The molecule has 0 saturated heterocycles. The molecule has 0 fully saturated rings. The Morgan fingerprint density at radius 1 is 1.00 bits per heavy atom. The van der Waals surface area contributed by atoms with Crippen molar-refractivity contribution in [1.29, 1.82) is 0 Å². The summed E-state index contributed by atoms with van der Waals surface area (Å²) >= 11 is 3.50. The van der Waals surface area contributed by atoms with Crippen molar-refractivity contribution in [1.82, 2.24) is 4.98 Å². The van der Waals surface area contributed by atoms with Crippen molar-refractivity contribution in [3.05, 3.63) is 75.9 Å². The van der Waals surface area contributed by atoms with E-state index in [2.05, 4.69) is 27.0 Å². The van der Waals surface area contributed by atoms with Gasteiger partial charge in [0.15, 0.2) is 5.78 Å². The van der Waals surface area contributed by atoms with E-state index < -0.39 is 5.54 Å². The molecule has 0 bridgehead atoms. The number of fused-ring (bicyclic) bond motifs is 2. The van der Waals surface area contributed by atoms with Crippen LogP contribution in [0.3, 0.4) is 0 Å². The number of nitrogens with zero attached hydrogens (tertiary/aromatic N) is 2. The van der Waals surface area contributed by atoms with Gasteiger partial charge in [-0.05, 0) is 38.1 Å². The van der Waals surface area contributed by atoms with E-state index in [1.54, 1.807) is 0 Å². The Kier molecular flexibility index (Phi) is 3.39. The van der Waals surface area contributed by atoms with Crippen LogP contribution in [0, 0.1) is 0 Å². The fraction of sp³-hybridized carbons (Fsp3) is 0.150. The van der Waals surface area contributed by atoms with Gasteiger partial charge in [0, 0.05) is 32.7 Å². The van der Waals surface area contributed by atoms with Crippen molar-refractivity contribution in [3.8, 4) is 0 Å². The van der Waals surface area contributed by atoms with E-state index in [9.17, 15) is 4.79 Å². The normalized spacial score (nSPS) is 16.0. The second-order valence-electron chi connectivity index (χ2n) is 6.46. The van der Waals surface area contributed by atoms with Crippen LogP contribution in [0.25, 0.3) is 10.9 Å². The summed E-state index contributed by atoms with van der Waals surface area (Å²) in [5, 5.41) is 1.04. The molecule has 0 radical (unpaired) electrons. The van der Waals surface area contributed by atoms with Crippen LogP contribution in [0.1, 0.15) is 35.3 Å². The molecule has 3 nitrogen and oxygen atoms in total. The maximum atomic E-state index is 12.6. The van der Waals surface area contributed by atoms with Crippen LogP contribution in [-0.2, 0) is 0 Å². The monoisotopic (exact) mass is 378 g/mol. The van der Waals surface area contributed by atoms with Gasteiger partial charge in [-0.15, -0.1) is 0 Å². The third-order valence-electron chi connectivity index (χ3n) is 4.29. The Morgan fingerprint density at radius 3 is 2.54 bits per heavy atom. The first-order valence-electron chi connectivity index (χ1n) is 7.75. The number of carbonyl (C=O) groups is 1. The number of ketones is 1. The zero-order chi connectivity index (χ0) is 16.9. The number of aliphatic imine (C=N–C) groups is 1. The number of Topliss-reactive ketones (excluding diaryl/α,β-unsaturated/α-hetero) is 1. The molecule has 0 unspecified atom stereocenters. The summed E-state index contributed by atoms with van der Waals surface area (Å²) in [6, 6.07) is 15.7. The largest absolute Gasteiger partial charge is 0.291 e. The minimum absolute atomic E-state index is 0.0540. The van der Waals surface area contributed by atoms with Gasteiger partial charge in [0.25, 0.3) is 0 Å². The zero-order valence-electron chi connectivity index (χ0n) is 13.4. The first-order valence-corrected chi connectivity index (χ1v) is 8.55. The highest BCUT2D eigenvalue weighted by Gasteiger charge is 2.35. The lowest BCUT2D eigenvalue weighted by molar-refractivity contribution is 0.0912. The molecule has 4 rings (SSSR count). The number of hydrogen-bond donors (Lipinski definition) is 0. The summed E-state index contributed by atoms with van der Waals surface area (Å²) in [4.78, 5) is 21.9. The first kappa shape index (κ1) is 15.2. The highest BCUT2D eigenvalue weighted by atomic mass is 79.9. The van der Waals surface area contributed by atoms with Crippen LogP contribution in [0.4, 0.5) is 0 Å². The summed E-state index contributed by atoms with van der Waals surface area (Å²) < 4.78 is 1.01. The van der Waals surface area contributed by atoms with Gasteiger partial charge in [0.05, 0.1) is 11.2 Å². The lowest BCUT2D eigenvalue weighted by Crippen LogP contribution is -2.36. The fourth-order valence-electron chi connectivity index (χ4n) is 3.06. The van der Waals surface area contributed by atoms with Gasteiger partial charge in [-0.2, -0.15) is 0 Å². The van der Waals surface area contributed by atoms with Gasteiger partial charge < -0.3 is 0 Å². The van der Waals surface area contributed by atoms with Gasteiger partial charge in [-0.3, -0.25) is 14.8 Å². The molecule has 0 atom stereocenters. The molecular formula is C20H15BrN2O. The van der Waals surface area contributed by atoms with Crippen LogP contribution < -0.4 is 0 Å². The molecule has 24 heavy (non-hydrogen) atoms. The third kappa shape index (κ3) is 2.38. The molecule has 118 valence electrons. The van der Waals surface area contributed by atoms with Crippen molar-refractivity contribution in [2.24, 2.45) is 4.99 Å². The van der Waals surface area contributed by atoms with E-state index in [1.165, 1.54) is 0 Å². The number of hydrogen-bond acceptors (Lipinski definition) is 3. The van der Waals surface area contributed by atoms with Gasteiger partial charge in [0.1, 0.15) is 5.54 Å². The van der Waals surface area contributed by atoms with Crippen LogP contribution in [-0.4, -0.2) is 22.0 Å². The van der Waals surface area contributed by atoms with Gasteiger partial charge >= 0.3 is 0 Å². The van der Waals surface area contributed by atoms with Crippen molar-refractivity contribution in [3.63, 3.8) is 0 Å². The standard InChI is InChI=1S/C20H15BrN2O/c1-20(2)19(24)16-6-4-3-5-15(16)18(23-20)13-9-12-10-14(21)7-8-17(12)22-11-13/h3-11H,1-2H3. The molecule has 2 heterocycles. The van der Waals surface area contributed by atoms with Gasteiger partial charge in [-0.1, -0.05) is 40.2 Å². The molecule has 1 aliphatic heterocycles. The van der Waals surface area contributed by atoms with E-state index in [0.717, 1.165) is 37.8 Å². The molecular weight excluding hydrogens is 364 g/mol. The van der Waals surface area contributed by atoms with Gasteiger partial charge in [-0.25, -0.2) is 0 Å². The summed E-state index contributed by atoms with van der Waals surface area (Å²) in [5.74, 6) is 0.0540. The highest BCUT2D eigenvalue weighted by molar-refractivity contribution is 9.10. The maximum absolute atomic E-state index is 12.6. The van der Waals surface area contributed by atoms with E-state index in [1.807, 2.05) is 62.5 Å². The number of aromatic nitrogens is 1. The molecule has 0 spiro atoms. The molecule has 1 aromatic heterocycles. The SMILES string of the molecule is CC1(C)N=C(c2cnc3ccc(Br)cc3c2)c2ccccc2C1=O. The maximum Gasteiger partial charge on any atom is 0.190 e. The molecule has 3 aromatic rings. The Hall–Kier alpha value is -2.33. The lowest BCUT2D eigenvalue weighted by Gasteiger charge is -2.27. The zero-order valence-corrected chi connectivity index (χ0v) is 15.0. The summed E-state index contributed by atoms with van der Waals surface area (Å²) in [5.41, 5.74) is 3.51. The Balaban J connectivity index is 1.96. The van der Waals surface area contributed by atoms with Crippen LogP contribution in [0.15, 0.2) is 64.2 Å². The molecule has 0 saturated carbocycles. The topological polar surface area (TPSA) is 42.3 Å². The molecule has 0 N–H and O–H groups in total. The van der Waals surface area contributed by atoms with E-state index in [-0.39, 0.29) is 5.78 Å². The third-order valence-corrected chi connectivity index (χ3v) is 4.78. The quantitative estimate of drug-likeness (QED) is 0.609. The van der Waals surface area contributed by atoms with Crippen molar-refractivity contribution >= 4 is 38.3 Å². The summed E-state index contributed by atoms with van der Waals surface area (Å²) in [7, 11) is 0. The van der Waals surface area contributed by atoms with Crippen LogP contribution in [0.5, 0.6) is 0 Å². The van der Waals surface area contributed by atoms with Crippen LogP contribution >= 0.6 is 15.9 Å². The van der Waals surface area contributed by atoms with Crippen LogP contribution in [0.2, 0.25) is 0 Å². The number of halogens is 1. The molecule has 2 aromatic carbocycles.